The van der Waals surface area contributed by atoms with Crippen molar-refractivity contribution in [3.05, 3.63) is 23.4 Å². The fourth-order valence-electron chi connectivity index (χ4n) is 1.63. The first-order valence-electron chi connectivity index (χ1n) is 5.38. The van der Waals surface area contributed by atoms with Crippen LogP contribution < -0.4 is 15.2 Å². The average molecular weight is 269 g/mol. The summed E-state index contributed by atoms with van der Waals surface area (Å²) in [5, 5.41) is 4.11. The van der Waals surface area contributed by atoms with Gasteiger partial charge in [0.2, 0.25) is 5.88 Å². The molecule has 96 valence electrons. The van der Waals surface area contributed by atoms with Gasteiger partial charge in [0.25, 0.3) is 0 Å². The van der Waals surface area contributed by atoms with E-state index in [1.165, 1.54) is 6.20 Å². The number of anilines is 1. The van der Waals surface area contributed by atoms with Crippen molar-refractivity contribution in [2.75, 3.05) is 19.5 Å². The maximum absolute atomic E-state index is 6.10. The second kappa shape index (κ2) is 5.18. The molecular formula is C12H13ClN2O3. The Morgan fingerprint density at radius 2 is 2.11 bits per heavy atom. The van der Waals surface area contributed by atoms with Gasteiger partial charge in [0.1, 0.15) is 11.5 Å². The monoisotopic (exact) mass is 268 g/mol. The highest BCUT2D eigenvalue weighted by Crippen LogP contribution is 2.40. The molecule has 2 rings (SSSR count). The van der Waals surface area contributed by atoms with Gasteiger partial charge in [0, 0.05) is 11.6 Å². The number of nitrogen functional groups attached to an aromatic ring is 1. The minimum atomic E-state index is 0.220. The predicted octanol–water partition coefficient (Wildman–Crippen LogP) is 2.98. The van der Waals surface area contributed by atoms with Crippen molar-refractivity contribution in [1.82, 2.24) is 5.16 Å². The Balaban J connectivity index is 2.58. The Morgan fingerprint density at radius 3 is 2.67 bits per heavy atom. The topological polar surface area (TPSA) is 70.5 Å². The molecule has 1 aromatic carbocycles. The second-order valence-corrected chi connectivity index (χ2v) is 3.93. The lowest BCUT2D eigenvalue weighted by atomic mass is 10.1. The molecule has 1 aromatic heterocycles. The van der Waals surface area contributed by atoms with Gasteiger partial charge in [0.05, 0.1) is 30.5 Å². The quantitative estimate of drug-likeness (QED) is 0.923. The van der Waals surface area contributed by atoms with E-state index in [1.54, 1.807) is 19.2 Å². The number of nitrogens with two attached hydrogens (primary N) is 1. The van der Waals surface area contributed by atoms with E-state index in [4.69, 9.17) is 31.3 Å². The molecule has 18 heavy (non-hydrogen) atoms. The minimum Gasteiger partial charge on any atom is -0.495 e. The third-order valence-corrected chi connectivity index (χ3v) is 2.74. The summed E-state index contributed by atoms with van der Waals surface area (Å²) in [6, 6.07) is 3.43. The lowest BCUT2D eigenvalue weighted by Gasteiger charge is -2.12. The molecule has 2 N–H and O–H groups in total. The van der Waals surface area contributed by atoms with Crippen LogP contribution in [0.15, 0.2) is 22.9 Å². The zero-order valence-corrected chi connectivity index (χ0v) is 10.8. The third-order valence-electron chi connectivity index (χ3n) is 2.44. The molecule has 0 aliphatic rings. The summed E-state index contributed by atoms with van der Waals surface area (Å²) in [5.41, 5.74) is 7.06. The average Bonchev–Trinajstić information content (AvgIpc) is 2.77. The van der Waals surface area contributed by atoms with Crippen molar-refractivity contribution in [3.8, 4) is 22.6 Å². The Morgan fingerprint density at radius 1 is 1.33 bits per heavy atom. The first kappa shape index (κ1) is 12.6. The van der Waals surface area contributed by atoms with Gasteiger partial charge < -0.3 is 19.7 Å². The summed E-state index contributed by atoms with van der Waals surface area (Å²) in [5.74, 6) is 1.38. The summed E-state index contributed by atoms with van der Waals surface area (Å²) < 4.78 is 15.5. The van der Waals surface area contributed by atoms with Crippen LogP contribution in [0.3, 0.4) is 0 Å². The molecule has 0 aliphatic carbocycles. The normalized spacial score (nSPS) is 10.4. The van der Waals surface area contributed by atoms with Gasteiger partial charge in [-0.1, -0.05) is 16.8 Å². The fraction of sp³-hybridized carbons (Fsp3) is 0.250. The largest absolute Gasteiger partial charge is 0.495 e. The summed E-state index contributed by atoms with van der Waals surface area (Å²) in [4.78, 5) is 0. The smallest absolute Gasteiger partial charge is 0.230 e. The summed E-state index contributed by atoms with van der Waals surface area (Å²) in [6.07, 6.45) is 1.52. The molecule has 0 fully saturated rings. The standard InChI is InChI=1S/C12H13ClN2O3/c1-3-17-10-5-11(16-2)9(13)4-7(10)8-6-15-18-12(8)14/h4-6H,3,14H2,1-2H3. The first-order valence-corrected chi connectivity index (χ1v) is 5.76. The number of benzene rings is 1. The van der Waals surface area contributed by atoms with E-state index < -0.39 is 0 Å². The van der Waals surface area contributed by atoms with E-state index in [9.17, 15) is 0 Å². The zero-order valence-electron chi connectivity index (χ0n) is 10.1. The molecule has 0 unspecified atom stereocenters. The van der Waals surface area contributed by atoms with Crippen LogP contribution >= 0.6 is 11.6 Å². The van der Waals surface area contributed by atoms with Crippen LogP contribution in [-0.4, -0.2) is 18.9 Å². The number of halogens is 1. The number of methoxy groups -OCH3 is 1. The molecule has 0 saturated heterocycles. The Labute approximate surface area is 109 Å². The van der Waals surface area contributed by atoms with Gasteiger partial charge in [0.15, 0.2) is 0 Å². The maximum Gasteiger partial charge on any atom is 0.230 e. The van der Waals surface area contributed by atoms with E-state index in [0.29, 0.717) is 28.7 Å². The van der Waals surface area contributed by atoms with Gasteiger partial charge in [-0.2, -0.15) is 0 Å². The van der Waals surface area contributed by atoms with Crippen LogP contribution in [0, 0.1) is 0 Å². The van der Waals surface area contributed by atoms with Gasteiger partial charge in [-0.3, -0.25) is 0 Å². The highest BCUT2D eigenvalue weighted by molar-refractivity contribution is 6.32. The van der Waals surface area contributed by atoms with Crippen LogP contribution in [0.25, 0.3) is 11.1 Å². The van der Waals surface area contributed by atoms with Crippen molar-refractivity contribution < 1.29 is 14.0 Å². The number of hydrogen-bond donors (Lipinski definition) is 1. The molecule has 2 aromatic rings. The summed E-state index contributed by atoms with van der Waals surface area (Å²) in [6.45, 7) is 2.41. The number of rotatable bonds is 4. The van der Waals surface area contributed by atoms with Crippen LogP contribution in [0.2, 0.25) is 5.02 Å². The van der Waals surface area contributed by atoms with Crippen LogP contribution in [0.5, 0.6) is 11.5 Å². The van der Waals surface area contributed by atoms with E-state index >= 15 is 0 Å². The molecule has 0 amide bonds. The second-order valence-electron chi connectivity index (χ2n) is 3.52. The zero-order chi connectivity index (χ0) is 13.1. The Kier molecular flexibility index (Phi) is 3.62. The molecule has 0 aliphatic heterocycles. The molecule has 0 atom stereocenters. The Bertz CT molecular complexity index is 554. The predicted molar refractivity (Wildman–Crippen MR) is 69.1 cm³/mol. The molecule has 6 heteroatoms. The third kappa shape index (κ3) is 2.22. The SMILES string of the molecule is CCOc1cc(OC)c(Cl)cc1-c1cnoc1N. The van der Waals surface area contributed by atoms with Crippen LogP contribution in [0.1, 0.15) is 6.92 Å². The molecular weight excluding hydrogens is 256 g/mol. The molecule has 0 radical (unpaired) electrons. The maximum atomic E-state index is 6.10. The minimum absolute atomic E-state index is 0.220. The number of hydrogen-bond acceptors (Lipinski definition) is 5. The molecule has 0 saturated carbocycles. The van der Waals surface area contributed by atoms with Gasteiger partial charge in [-0.15, -0.1) is 0 Å². The number of nitrogens with zero attached hydrogens (tertiary/aromatic N) is 1. The van der Waals surface area contributed by atoms with Crippen molar-refractivity contribution >= 4 is 17.5 Å². The lowest BCUT2D eigenvalue weighted by Crippen LogP contribution is -1.96. The van der Waals surface area contributed by atoms with Crippen molar-refractivity contribution in [2.24, 2.45) is 0 Å². The van der Waals surface area contributed by atoms with Gasteiger partial charge in [-0.05, 0) is 13.0 Å². The fourth-order valence-corrected chi connectivity index (χ4v) is 1.87. The van der Waals surface area contributed by atoms with E-state index in [2.05, 4.69) is 5.16 Å². The van der Waals surface area contributed by atoms with E-state index in [0.717, 1.165) is 5.56 Å². The van der Waals surface area contributed by atoms with Crippen LogP contribution in [0.4, 0.5) is 5.88 Å². The lowest BCUT2D eigenvalue weighted by molar-refractivity contribution is 0.337. The van der Waals surface area contributed by atoms with Crippen molar-refractivity contribution in [2.45, 2.75) is 6.92 Å². The van der Waals surface area contributed by atoms with E-state index in [1.807, 2.05) is 6.92 Å². The molecule has 5 nitrogen and oxygen atoms in total. The highest BCUT2D eigenvalue weighted by atomic mass is 35.5. The number of ether oxygens (including phenoxy) is 2. The first-order chi connectivity index (χ1) is 8.67. The molecule has 0 spiro atoms. The van der Waals surface area contributed by atoms with Gasteiger partial charge >= 0.3 is 0 Å². The van der Waals surface area contributed by atoms with Crippen molar-refractivity contribution in [3.63, 3.8) is 0 Å². The summed E-state index contributed by atoms with van der Waals surface area (Å²) in [7, 11) is 1.55. The molecule has 0 bridgehead atoms. The van der Waals surface area contributed by atoms with Gasteiger partial charge in [-0.25, -0.2) is 0 Å². The summed E-state index contributed by atoms with van der Waals surface area (Å²) >= 11 is 6.10. The van der Waals surface area contributed by atoms with Crippen molar-refractivity contribution in [1.29, 1.82) is 0 Å². The van der Waals surface area contributed by atoms with E-state index in [-0.39, 0.29) is 5.88 Å². The highest BCUT2D eigenvalue weighted by Gasteiger charge is 2.16. The number of aromatic nitrogens is 1. The Hall–Kier alpha value is -1.88. The molecule has 1 heterocycles. The van der Waals surface area contributed by atoms with Crippen LogP contribution in [-0.2, 0) is 0 Å².